The molecule has 4 aromatic rings. The van der Waals surface area contributed by atoms with E-state index in [-0.39, 0.29) is 18.0 Å². The Labute approximate surface area is 218 Å². The molecule has 0 N–H and O–H groups in total. The molecule has 1 aliphatic rings. The lowest BCUT2D eigenvalue weighted by Crippen LogP contribution is -2.41. The predicted octanol–water partition coefficient (Wildman–Crippen LogP) is 6.85. The van der Waals surface area contributed by atoms with Crippen molar-refractivity contribution >= 4 is 5.78 Å². The van der Waals surface area contributed by atoms with E-state index in [0.717, 1.165) is 22.3 Å². The van der Waals surface area contributed by atoms with Crippen LogP contribution in [0.3, 0.4) is 0 Å². The first-order valence-electron chi connectivity index (χ1n) is 12.8. The largest absolute Gasteiger partial charge is 0.358 e. The van der Waals surface area contributed by atoms with Gasteiger partial charge in [-0.15, -0.1) is 0 Å². The van der Waals surface area contributed by atoms with Crippen LogP contribution in [0.2, 0.25) is 0 Å². The van der Waals surface area contributed by atoms with Crippen LogP contribution in [0.25, 0.3) is 0 Å². The molecule has 188 valence electrons. The number of hydrogen-bond acceptors (Lipinski definition) is 4. The van der Waals surface area contributed by atoms with Gasteiger partial charge in [-0.25, -0.2) is 0 Å². The summed E-state index contributed by atoms with van der Waals surface area (Å²) in [6.45, 7) is 1.94. The van der Waals surface area contributed by atoms with E-state index in [0.29, 0.717) is 19.4 Å². The van der Waals surface area contributed by atoms with Crippen LogP contribution in [0.5, 0.6) is 0 Å². The van der Waals surface area contributed by atoms with Crippen molar-refractivity contribution in [1.82, 2.24) is 0 Å². The van der Waals surface area contributed by atoms with Crippen LogP contribution in [-0.4, -0.2) is 24.6 Å². The van der Waals surface area contributed by atoms with Crippen molar-refractivity contribution < 1.29 is 19.0 Å². The van der Waals surface area contributed by atoms with Gasteiger partial charge in [0.2, 0.25) is 0 Å². The SMILES string of the molecule is CC(=O)C[C@@H]1C[C@H](COC(c2ccccc2)(c2ccccc2)c2ccccc2)O[C@H](c2ccccc2)O1. The van der Waals surface area contributed by atoms with E-state index in [1.165, 1.54) is 0 Å². The Kier molecular flexibility index (Phi) is 7.90. The molecule has 0 amide bonds. The summed E-state index contributed by atoms with van der Waals surface area (Å²) in [5.41, 5.74) is 3.23. The van der Waals surface area contributed by atoms with Gasteiger partial charge < -0.3 is 14.2 Å². The molecule has 4 aromatic carbocycles. The van der Waals surface area contributed by atoms with Gasteiger partial charge in [-0.05, 0) is 23.6 Å². The number of ether oxygens (including phenoxy) is 3. The standard InChI is InChI=1S/C33H32O4/c1-25(34)22-30-23-31(37-32(36-30)26-14-6-2-7-15-26)24-35-33(27-16-8-3-9-17-27,28-18-10-4-11-19-28)29-20-12-5-13-21-29/h2-21,30-32H,22-24H2,1H3/t30-,31-,32-/m1/s1. The molecule has 0 aliphatic carbocycles. The molecule has 0 unspecified atom stereocenters. The summed E-state index contributed by atoms with van der Waals surface area (Å²) in [6.07, 6.45) is -0.0993. The van der Waals surface area contributed by atoms with Crippen LogP contribution in [0.1, 0.15) is 48.3 Å². The Morgan fingerprint density at radius 1 is 0.703 bits per heavy atom. The Morgan fingerprint density at radius 2 is 1.14 bits per heavy atom. The molecule has 0 spiro atoms. The number of carbonyl (C=O) groups is 1. The number of ketones is 1. The quantitative estimate of drug-likeness (QED) is 0.240. The first-order chi connectivity index (χ1) is 18.1. The minimum absolute atomic E-state index is 0.102. The second-order valence-corrected chi connectivity index (χ2v) is 9.49. The molecular formula is C33H32O4. The van der Waals surface area contributed by atoms with Gasteiger partial charge in [0.05, 0.1) is 18.8 Å². The molecule has 4 heteroatoms. The molecule has 3 atom stereocenters. The highest BCUT2D eigenvalue weighted by Gasteiger charge is 2.40. The van der Waals surface area contributed by atoms with Crippen molar-refractivity contribution in [2.24, 2.45) is 0 Å². The Balaban J connectivity index is 1.50. The normalized spacial score (nSPS) is 19.9. The summed E-state index contributed by atoms with van der Waals surface area (Å²) in [7, 11) is 0. The van der Waals surface area contributed by atoms with Crippen LogP contribution >= 0.6 is 0 Å². The highest BCUT2D eigenvalue weighted by Crippen LogP contribution is 2.41. The molecule has 0 saturated carbocycles. The third-order valence-corrected chi connectivity index (χ3v) is 6.77. The smallest absolute Gasteiger partial charge is 0.184 e. The molecular weight excluding hydrogens is 460 g/mol. The first-order valence-corrected chi connectivity index (χ1v) is 12.8. The van der Waals surface area contributed by atoms with Crippen LogP contribution < -0.4 is 0 Å². The van der Waals surface area contributed by atoms with Gasteiger partial charge in [0.1, 0.15) is 11.4 Å². The van der Waals surface area contributed by atoms with Crippen LogP contribution in [-0.2, 0) is 24.6 Å². The second-order valence-electron chi connectivity index (χ2n) is 9.49. The first kappa shape index (κ1) is 25.1. The lowest BCUT2D eigenvalue weighted by Gasteiger charge is -2.40. The maximum absolute atomic E-state index is 12.0. The summed E-state index contributed by atoms with van der Waals surface area (Å²) in [5, 5.41) is 0. The van der Waals surface area contributed by atoms with E-state index < -0.39 is 11.9 Å². The molecule has 4 nitrogen and oxygen atoms in total. The number of carbonyl (C=O) groups excluding carboxylic acids is 1. The average molecular weight is 493 g/mol. The fourth-order valence-corrected chi connectivity index (χ4v) is 5.10. The van der Waals surface area contributed by atoms with E-state index >= 15 is 0 Å². The van der Waals surface area contributed by atoms with Gasteiger partial charge in [0.15, 0.2) is 6.29 Å². The van der Waals surface area contributed by atoms with E-state index in [2.05, 4.69) is 36.4 Å². The molecule has 0 aromatic heterocycles. The zero-order valence-corrected chi connectivity index (χ0v) is 21.0. The number of hydrogen-bond donors (Lipinski definition) is 0. The zero-order valence-electron chi connectivity index (χ0n) is 21.0. The monoisotopic (exact) mass is 492 g/mol. The molecule has 1 saturated heterocycles. The van der Waals surface area contributed by atoms with Crippen LogP contribution in [0.4, 0.5) is 0 Å². The van der Waals surface area contributed by atoms with Gasteiger partial charge >= 0.3 is 0 Å². The van der Waals surface area contributed by atoms with Crippen molar-refractivity contribution in [2.45, 2.75) is 43.9 Å². The van der Waals surface area contributed by atoms with E-state index in [1.807, 2.05) is 84.9 Å². The molecule has 5 rings (SSSR count). The third kappa shape index (κ3) is 5.72. The van der Waals surface area contributed by atoms with E-state index in [4.69, 9.17) is 14.2 Å². The molecule has 0 radical (unpaired) electrons. The third-order valence-electron chi connectivity index (χ3n) is 6.77. The van der Waals surface area contributed by atoms with Crippen LogP contribution in [0, 0.1) is 0 Å². The van der Waals surface area contributed by atoms with Crippen molar-refractivity contribution in [3.8, 4) is 0 Å². The van der Waals surface area contributed by atoms with E-state index in [9.17, 15) is 4.79 Å². The number of rotatable bonds is 9. The Morgan fingerprint density at radius 3 is 1.59 bits per heavy atom. The Hall–Kier alpha value is -3.57. The minimum Gasteiger partial charge on any atom is -0.358 e. The summed E-state index contributed by atoms with van der Waals surface area (Å²) in [6, 6.07) is 40.8. The zero-order chi connectivity index (χ0) is 25.5. The predicted molar refractivity (Wildman–Crippen MR) is 144 cm³/mol. The fraction of sp³-hybridized carbons (Fsp3) is 0.242. The fourth-order valence-electron chi connectivity index (χ4n) is 5.10. The average Bonchev–Trinajstić information content (AvgIpc) is 2.95. The molecule has 1 heterocycles. The van der Waals surface area contributed by atoms with Gasteiger partial charge in [0, 0.05) is 18.4 Å². The number of benzene rings is 4. The molecule has 1 fully saturated rings. The van der Waals surface area contributed by atoms with Crippen molar-refractivity contribution in [1.29, 1.82) is 0 Å². The summed E-state index contributed by atoms with van der Waals surface area (Å²) in [5.74, 6) is 0.102. The molecule has 0 bridgehead atoms. The lowest BCUT2D eigenvalue weighted by atomic mass is 9.80. The van der Waals surface area contributed by atoms with E-state index in [1.54, 1.807) is 6.92 Å². The van der Waals surface area contributed by atoms with Gasteiger partial charge in [-0.3, -0.25) is 4.79 Å². The molecule has 37 heavy (non-hydrogen) atoms. The van der Waals surface area contributed by atoms with Crippen molar-refractivity contribution in [3.63, 3.8) is 0 Å². The maximum Gasteiger partial charge on any atom is 0.184 e. The molecule has 1 aliphatic heterocycles. The van der Waals surface area contributed by atoms with Crippen molar-refractivity contribution in [2.75, 3.05) is 6.61 Å². The second kappa shape index (κ2) is 11.7. The number of Topliss-reactive ketones (excluding diaryl/α,β-unsaturated/α-hetero) is 1. The van der Waals surface area contributed by atoms with Gasteiger partial charge in [-0.1, -0.05) is 121 Å². The van der Waals surface area contributed by atoms with Crippen LogP contribution in [0.15, 0.2) is 121 Å². The minimum atomic E-state index is -0.830. The topological polar surface area (TPSA) is 44.8 Å². The van der Waals surface area contributed by atoms with Gasteiger partial charge in [0.25, 0.3) is 0 Å². The van der Waals surface area contributed by atoms with Crippen molar-refractivity contribution in [3.05, 3.63) is 144 Å². The Bertz CT molecular complexity index is 1160. The maximum atomic E-state index is 12.0. The highest BCUT2D eigenvalue weighted by molar-refractivity contribution is 5.76. The summed E-state index contributed by atoms with van der Waals surface area (Å²) >= 11 is 0. The summed E-state index contributed by atoms with van der Waals surface area (Å²) < 4.78 is 19.6. The summed E-state index contributed by atoms with van der Waals surface area (Å²) in [4.78, 5) is 12.0. The van der Waals surface area contributed by atoms with Gasteiger partial charge in [-0.2, -0.15) is 0 Å². The lowest BCUT2D eigenvalue weighted by molar-refractivity contribution is -0.260. The highest BCUT2D eigenvalue weighted by atomic mass is 16.7.